The van der Waals surface area contributed by atoms with Gasteiger partial charge in [-0.1, -0.05) is 105 Å². The normalized spacial score (nSPS) is 12.4. The number of aromatic nitrogens is 2. The Bertz CT molecular complexity index is 1100. The van der Waals surface area contributed by atoms with Gasteiger partial charge in [0.15, 0.2) is 0 Å². The maximum absolute atomic E-state index is 12.7. The summed E-state index contributed by atoms with van der Waals surface area (Å²) >= 11 is 0. The van der Waals surface area contributed by atoms with Gasteiger partial charge in [-0.15, -0.1) is 0 Å². The highest BCUT2D eigenvalue weighted by Gasteiger charge is 2.25. The Morgan fingerprint density at radius 3 is 1.02 bits per heavy atom. The molecule has 48 heavy (non-hydrogen) atoms. The Balaban J connectivity index is 1.39. The minimum absolute atomic E-state index is 0.00676. The van der Waals surface area contributed by atoms with E-state index in [4.69, 9.17) is 0 Å². The molecule has 4 amide bonds. The van der Waals surface area contributed by atoms with Crippen LogP contribution in [0.4, 0.5) is 0 Å². The number of rotatable bonds is 25. The molecule has 2 aromatic heterocycles. The van der Waals surface area contributed by atoms with Crippen molar-refractivity contribution in [2.45, 2.75) is 130 Å². The molecule has 266 valence electrons. The number of nitrogens with one attached hydrogen (secondary N) is 4. The number of nitrogens with zero attached hydrogens (tertiary/aromatic N) is 2. The van der Waals surface area contributed by atoms with Gasteiger partial charge in [0.05, 0.1) is 0 Å². The zero-order valence-corrected chi connectivity index (χ0v) is 29.8. The molecule has 0 saturated carbocycles. The average molecular weight is 665 g/mol. The Kier molecular flexibility index (Phi) is 20.5. The van der Waals surface area contributed by atoms with Gasteiger partial charge in [0, 0.05) is 49.0 Å². The largest absolute Gasteiger partial charge is 0.354 e. The molecule has 2 atom stereocenters. The fourth-order valence-electron chi connectivity index (χ4n) is 5.54. The third-order valence-corrected chi connectivity index (χ3v) is 8.56. The van der Waals surface area contributed by atoms with E-state index in [2.05, 4.69) is 31.2 Å². The van der Waals surface area contributed by atoms with Gasteiger partial charge in [-0.2, -0.15) is 0 Å². The second kappa shape index (κ2) is 24.3. The van der Waals surface area contributed by atoms with E-state index >= 15 is 0 Å². The summed E-state index contributed by atoms with van der Waals surface area (Å²) in [6.45, 7) is 9.00. The predicted octanol–water partition coefficient (Wildman–Crippen LogP) is 6.38. The smallest absolute Gasteiger partial charge is 0.252 e. The molecule has 0 spiro atoms. The highest BCUT2D eigenvalue weighted by atomic mass is 16.2. The van der Waals surface area contributed by atoms with Crippen LogP contribution < -0.4 is 21.3 Å². The summed E-state index contributed by atoms with van der Waals surface area (Å²) in [4.78, 5) is 58.1. The highest BCUT2D eigenvalue weighted by Crippen LogP contribution is 2.13. The van der Waals surface area contributed by atoms with Crippen LogP contribution in [0.2, 0.25) is 0 Å². The second-order valence-electron chi connectivity index (χ2n) is 13.4. The number of amides is 4. The molecule has 2 aromatic rings. The number of hydrogen-bond donors (Lipinski definition) is 4. The molecule has 0 aliphatic carbocycles. The Hall–Kier alpha value is -3.82. The van der Waals surface area contributed by atoms with Crippen LogP contribution in [0.3, 0.4) is 0 Å². The van der Waals surface area contributed by atoms with Crippen molar-refractivity contribution in [1.82, 2.24) is 31.2 Å². The van der Waals surface area contributed by atoms with Crippen LogP contribution in [0, 0.1) is 11.8 Å². The van der Waals surface area contributed by atoms with E-state index in [1.54, 1.807) is 49.1 Å². The van der Waals surface area contributed by atoms with E-state index in [1.807, 2.05) is 27.7 Å². The summed E-state index contributed by atoms with van der Waals surface area (Å²) in [6, 6.07) is 5.44. The lowest BCUT2D eigenvalue weighted by Gasteiger charge is -2.21. The van der Waals surface area contributed by atoms with Crippen LogP contribution in [-0.2, 0) is 9.59 Å². The van der Waals surface area contributed by atoms with Crippen LogP contribution in [0.25, 0.3) is 0 Å². The van der Waals surface area contributed by atoms with Gasteiger partial charge in [-0.05, 0) is 48.9 Å². The van der Waals surface area contributed by atoms with Crippen molar-refractivity contribution < 1.29 is 19.2 Å². The molecule has 2 rings (SSSR count). The number of hydrogen-bond acceptors (Lipinski definition) is 6. The molecule has 0 fully saturated rings. The van der Waals surface area contributed by atoms with Crippen LogP contribution in [0.15, 0.2) is 49.1 Å². The molecule has 0 aromatic carbocycles. The lowest BCUT2D eigenvalue weighted by atomic mass is 10.0. The van der Waals surface area contributed by atoms with Gasteiger partial charge in [0.1, 0.15) is 12.1 Å². The number of pyridine rings is 2. The molecular formula is C38H60N6O4. The van der Waals surface area contributed by atoms with Crippen LogP contribution >= 0.6 is 0 Å². The van der Waals surface area contributed by atoms with E-state index in [-0.39, 0.29) is 35.5 Å². The van der Waals surface area contributed by atoms with E-state index in [0.717, 1.165) is 25.7 Å². The maximum Gasteiger partial charge on any atom is 0.252 e. The monoisotopic (exact) mass is 664 g/mol. The van der Waals surface area contributed by atoms with Crippen LogP contribution in [0.5, 0.6) is 0 Å². The van der Waals surface area contributed by atoms with E-state index in [9.17, 15) is 19.2 Å². The van der Waals surface area contributed by atoms with Crippen molar-refractivity contribution >= 4 is 23.6 Å². The second-order valence-corrected chi connectivity index (χ2v) is 13.4. The van der Waals surface area contributed by atoms with Gasteiger partial charge >= 0.3 is 0 Å². The molecule has 0 aliphatic heterocycles. The van der Waals surface area contributed by atoms with Crippen molar-refractivity contribution in [2.75, 3.05) is 13.1 Å². The molecule has 0 aliphatic rings. The summed E-state index contributed by atoms with van der Waals surface area (Å²) in [7, 11) is 0. The minimum atomic E-state index is -0.560. The number of carbonyl (C=O) groups is 4. The highest BCUT2D eigenvalue weighted by molar-refractivity contribution is 5.98. The van der Waals surface area contributed by atoms with Gasteiger partial charge in [0.25, 0.3) is 11.8 Å². The number of unbranched alkanes of at least 4 members (excludes halogenated alkanes) is 13. The van der Waals surface area contributed by atoms with Crippen LogP contribution in [-0.4, -0.2) is 58.8 Å². The minimum Gasteiger partial charge on any atom is -0.354 e. The Morgan fingerprint density at radius 1 is 0.479 bits per heavy atom. The summed E-state index contributed by atoms with van der Waals surface area (Å²) < 4.78 is 0. The Morgan fingerprint density at radius 2 is 0.750 bits per heavy atom. The fourth-order valence-corrected chi connectivity index (χ4v) is 5.54. The molecular weight excluding hydrogens is 604 g/mol. The first-order chi connectivity index (χ1) is 23.2. The standard InChI is InChI=1S/C38H60N6O4/c1-29(2)33(43-35(45)31-19-25-39-26-20-31)37(47)41-23-17-15-13-11-9-7-5-6-8-10-12-14-16-18-24-42-38(48)34(30(3)4)44-36(46)32-21-27-40-28-22-32/h19-22,25-30,33-34H,5-18,23-24H2,1-4H3,(H,41,47)(H,42,48)(H,43,45)(H,44,46)/t33-,34-/m0/s1. The Labute approximate surface area is 288 Å². The van der Waals surface area contributed by atoms with Crippen molar-refractivity contribution in [1.29, 1.82) is 0 Å². The van der Waals surface area contributed by atoms with Crippen molar-refractivity contribution in [3.63, 3.8) is 0 Å². The predicted molar refractivity (Wildman–Crippen MR) is 191 cm³/mol. The molecule has 0 unspecified atom stereocenters. The fraction of sp³-hybridized carbons (Fsp3) is 0.632. The van der Waals surface area contributed by atoms with E-state index in [1.165, 1.54) is 64.2 Å². The first kappa shape index (κ1) is 40.4. The van der Waals surface area contributed by atoms with E-state index < -0.39 is 12.1 Å². The zero-order valence-electron chi connectivity index (χ0n) is 29.8. The molecule has 10 nitrogen and oxygen atoms in total. The van der Waals surface area contributed by atoms with Crippen molar-refractivity contribution in [2.24, 2.45) is 11.8 Å². The molecule has 10 heteroatoms. The van der Waals surface area contributed by atoms with Gasteiger partial charge < -0.3 is 21.3 Å². The molecule has 0 saturated heterocycles. The van der Waals surface area contributed by atoms with Crippen molar-refractivity contribution in [3.8, 4) is 0 Å². The average Bonchev–Trinajstić information content (AvgIpc) is 3.09. The van der Waals surface area contributed by atoms with Gasteiger partial charge in [-0.3, -0.25) is 29.1 Å². The van der Waals surface area contributed by atoms with Gasteiger partial charge in [-0.25, -0.2) is 0 Å². The third-order valence-electron chi connectivity index (χ3n) is 8.56. The first-order valence-electron chi connectivity index (χ1n) is 18.2. The molecule has 0 radical (unpaired) electrons. The SMILES string of the molecule is CC(C)[C@H](NC(=O)c1ccncc1)C(=O)NCCCCCCCCCCCCCCCCNC(=O)[C@@H](NC(=O)c1ccncc1)C(C)C. The topological polar surface area (TPSA) is 142 Å². The van der Waals surface area contributed by atoms with Crippen molar-refractivity contribution in [3.05, 3.63) is 60.2 Å². The lowest BCUT2D eigenvalue weighted by molar-refractivity contribution is -0.124. The molecule has 4 N–H and O–H groups in total. The molecule has 0 bridgehead atoms. The quantitative estimate of drug-likeness (QED) is 0.0908. The summed E-state index contributed by atoms with van der Waals surface area (Å²) in [5.74, 6) is -0.788. The lowest BCUT2D eigenvalue weighted by Crippen LogP contribution is -2.49. The molecule has 2 heterocycles. The zero-order chi connectivity index (χ0) is 35.0. The third kappa shape index (κ3) is 16.8. The maximum atomic E-state index is 12.7. The first-order valence-corrected chi connectivity index (χ1v) is 18.2. The van der Waals surface area contributed by atoms with Gasteiger partial charge in [0.2, 0.25) is 11.8 Å². The summed E-state index contributed by atoms with van der Waals surface area (Å²) in [5.41, 5.74) is 0.998. The van der Waals surface area contributed by atoms with E-state index in [0.29, 0.717) is 24.2 Å². The number of carbonyl (C=O) groups excluding carboxylic acids is 4. The summed E-state index contributed by atoms with van der Waals surface area (Å²) in [5, 5.41) is 11.7. The van der Waals surface area contributed by atoms with Crippen LogP contribution in [0.1, 0.15) is 138 Å². The summed E-state index contributed by atoms with van der Waals surface area (Å²) in [6.07, 6.45) is 22.9.